The molecule has 0 spiro atoms. The fourth-order valence-electron chi connectivity index (χ4n) is 3.01. The zero-order chi connectivity index (χ0) is 24.8. The summed E-state index contributed by atoms with van der Waals surface area (Å²) in [5, 5.41) is 5.36. The van der Waals surface area contributed by atoms with Crippen LogP contribution in [-0.4, -0.2) is 31.9 Å². The maximum atomic E-state index is 13.3. The van der Waals surface area contributed by atoms with Crippen molar-refractivity contribution in [3.63, 3.8) is 0 Å². The molecule has 0 heterocycles. The Morgan fingerprint density at radius 3 is 2.09 bits per heavy atom. The average Bonchev–Trinajstić information content (AvgIpc) is 2.81. The highest BCUT2D eigenvalue weighted by molar-refractivity contribution is 5.96. The number of anilines is 3. The lowest BCUT2D eigenvalue weighted by molar-refractivity contribution is 0.158. The van der Waals surface area contributed by atoms with Gasteiger partial charge in [-0.2, -0.15) is 0 Å². The van der Waals surface area contributed by atoms with Crippen LogP contribution in [0.15, 0.2) is 42.5 Å². The standard InChI is InChI=1S/C26H32FN3O4/c1-4-7-16-33-25(31)28-23-14-13-22(18-24(23)29-26(32)34-17-8-5-2)30(15-6-3)19-20-9-11-21(27)12-10-20/h3,9-14,18H,4-5,7-8,15-17,19H2,1-2H3,(H,28,31)(H,29,32). The molecule has 0 saturated carbocycles. The van der Waals surface area contributed by atoms with Gasteiger partial charge in [0.05, 0.1) is 31.1 Å². The van der Waals surface area contributed by atoms with Crippen LogP contribution < -0.4 is 15.5 Å². The van der Waals surface area contributed by atoms with E-state index in [1.807, 2.05) is 18.7 Å². The molecule has 2 N–H and O–H groups in total. The summed E-state index contributed by atoms with van der Waals surface area (Å²) in [6.45, 7) is 5.30. The lowest BCUT2D eigenvalue weighted by Gasteiger charge is -2.24. The zero-order valence-corrected chi connectivity index (χ0v) is 19.7. The molecule has 0 radical (unpaired) electrons. The Morgan fingerprint density at radius 2 is 1.53 bits per heavy atom. The van der Waals surface area contributed by atoms with E-state index in [0.29, 0.717) is 30.2 Å². The molecule has 0 aliphatic rings. The fraction of sp³-hybridized carbons (Fsp3) is 0.385. The Hall–Kier alpha value is -3.73. The van der Waals surface area contributed by atoms with Crippen LogP contribution in [0.1, 0.15) is 45.1 Å². The van der Waals surface area contributed by atoms with Crippen LogP contribution in [0.5, 0.6) is 0 Å². The Kier molecular flexibility index (Phi) is 11.3. The SMILES string of the molecule is C#CCN(Cc1ccc(F)cc1)c1ccc(NC(=O)OCCCC)c(NC(=O)OCCCC)c1. The van der Waals surface area contributed by atoms with Crippen molar-refractivity contribution < 1.29 is 23.5 Å². The topological polar surface area (TPSA) is 79.9 Å². The van der Waals surface area contributed by atoms with Gasteiger partial charge in [-0.1, -0.05) is 44.7 Å². The Morgan fingerprint density at radius 1 is 0.941 bits per heavy atom. The molecular weight excluding hydrogens is 437 g/mol. The first-order valence-electron chi connectivity index (χ1n) is 11.4. The summed E-state index contributed by atoms with van der Waals surface area (Å²) >= 11 is 0. The summed E-state index contributed by atoms with van der Waals surface area (Å²) in [4.78, 5) is 26.4. The summed E-state index contributed by atoms with van der Waals surface area (Å²) in [5.74, 6) is 2.30. The number of hydrogen-bond acceptors (Lipinski definition) is 5. The Labute approximate surface area is 200 Å². The van der Waals surface area contributed by atoms with Crippen LogP contribution in [0, 0.1) is 18.2 Å². The van der Waals surface area contributed by atoms with Crippen LogP contribution in [0.3, 0.4) is 0 Å². The monoisotopic (exact) mass is 469 g/mol. The van der Waals surface area contributed by atoms with E-state index in [-0.39, 0.29) is 19.0 Å². The molecule has 0 bridgehead atoms. The number of nitrogens with zero attached hydrogens (tertiary/aromatic N) is 1. The van der Waals surface area contributed by atoms with Gasteiger partial charge in [-0.25, -0.2) is 14.0 Å². The summed E-state index contributed by atoms with van der Waals surface area (Å²) in [6, 6.07) is 11.3. The van der Waals surface area contributed by atoms with E-state index >= 15 is 0 Å². The third kappa shape index (κ3) is 9.02. The van der Waals surface area contributed by atoms with Gasteiger partial charge < -0.3 is 14.4 Å². The molecule has 0 saturated heterocycles. The number of carbonyl (C=O) groups excluding carboxylic acids is 2. The maximum Gasteiger partial charge on any atom is 0.411 e. The molecule has 2 aromatic carbocycles. The highest BCUT2D eigenvalue weighted by Crippen LogP contribution is 2.29. The lowest BCUT2D eigenvalue weighted by Crippen LogP contribution is -2.24. The van der Waals surface area contributed by atoms with E-state index in [2.05, 4.69) is 16.6 Å². The largest absolute Gasteiger partial charge is 0.449 e. The van der Waals surface area contributed by atoms with Gasteiger partial charge in [-0.3, -0.25) is 10.6 Å². The fourth-order valence-corrected chi connectivity index (χ4v) is 3.01. The predicted octanol–water partition coefficient (Wildman–Crippen LogP) is 6.16. The van der Waals surface area contributed by atoms with E-state index in [0.717, 1.165) is 31.2 Å². The van der Waals surface area contributed by atoms with Crippen molar-refractivity contribution in [2.45, 2.75) is 46.1 Å². The number of benzene rings is 2. The first-order chi connectivity index (χ1) is 16.5. The van der Waals surface area contributed by atoms with Crippen molar-refractivity contribution >= 4 is 29.2 Å². The van der Waals surface area contributed by atoms with Crippen molar-refractivity contribution in [1.82, 2.24) is 0 Å². The van der Waals surface area contributed by atoms with E-state index < -0.39 is 12.2 Å². The van der Waals surface area contributed by atoms with E-state index in [1.165, 1.54) is 12.1 Å². The molecule has 2 aromatic rings. The van der Waals surface area contributed by atoms with E-state index in [4.69, 9.17) is 15.9 Å². The minimum absolute atomic E-state index is 0.281. The highest BCUT2D eigenvalue weighted by Gasteiger charge is 2.15. The van der Waals surface area contributed by atoms with Gasteiger partial charge in [0.2, 0.25) is 0 Å². The number of nitrogens with one attached hydrogen (secondary N) is 2. The molecule has 2 rings (SSSR count). The molecule has 7 nitrogen and oxygen atoms in total. The molecule has 2 amide bonds. The van der Waals surface area contributed by atoms with Gasteiger partial charge in [0.25, 0.3) is 0 Å². The van der Waals surface area contributed by atoms with Crippen molar-refractivity contribution in [3.05, 3.63) is 53.8 Å². The minimum atomic E-state index is -0.630. The maximum absolute atomic E-state index is 13.3. The van der Waals surface area contributed by atoms with Crippen molar-refractivity contribution in [3.8, 4) is 12.3 Å². The number of unbranched alkanes of at least 4 members (excludes halogenated alkanes) is 2. The third-order valence-electron chi connectivity index (χ3n) is 4.87. The van der Waals surface area contributed by atoms with Crippen LogP contribution in [-0.2, 0) is 16.0 Å². The Balaban J connectivity index is 2.26. The highest BCUT2D eigenvalue weighted by atomic mass is 19.1. The summed E-state index contributed by atoms with van der Waals surface area (Å²) < 4.78 is 23.7. The number of rotatable bonds is 12. The van der Waals surface area contributed by atoms with Crippen LogP contribution in [0.25, 0.3) is 0 Å². The quantitative estimate of drug-likeness (QED) is 0.287. The van der Waals surface area contributed by atoms with E-state index in [1.54, 1.807) is 30.3 Å². The molecule has 34 heavy (non-hydrogen) atoms. The summed E-state index contributed by atoms with van der Waals surface area (Å²) in [6.07, 6.45) is 7.62. The van der Waals surface area contributed by atoms with Gasteiger partial charge in [-0.05, 0) is 48.7 Å². The zero-order valence-electron chi connectivity index (χ0n) is 19.7. The van der Waals surface area contributed by atoms with Crippen LogP contribution in [0.2, 0.25) is 0 Å². The molecule has 0 aliphatic carbocycles. The molecule has 0 aliphatic heterocycles. The van der Waals surface area contributed by atoms with Crippen LogP contribution in [0.4, 0.5) is 31.0 Å². The van der Waals surface area contributed by atoms with Gasteiger partial charge >= 0.3 is 12.2 Å². The molecule has 0 aromatic heterocycles. The van der Waals surface area contributed by atoms with Crippen molar-refractivity contribution in [2.75, 3.05) is 35.3 Å². The average molecular weight is 470 g/mol. The summed E-state index contributed by atoms with van der Waals surface area (Å²) in [5.41, 5.74) is 2.27. The first-order valence-corrected chi connectivity index (χ1v) is 11.4. The van der Waals surface area contributed by atoms with Gasteiger partial charge in [0.15, 0.2) is 0 Å². The first kappa shape index (κ1) is 26.5. The molecule has 0 atom stereocenters. The summed E-state index contributed by atoms with van der Waals surface area (Å²) in [7, 11) is 0. The molecule has 0 fully saturated rings. The van der Waals surface area contributed by atoms with Gasteiger partial charge in [-0.15, -0.1) is 6.42 Å². The third-order valence-corrected chi connectivity index (χ3v) is 4.87. The number of halogens is 1. The molecule has 8 heteroatoms. The second-order valence-corrected chi connectivity index (χ2v) is 7.65. The molecular formula is C26H32FN3O4. The number of carbonyl (C=O) groups is 2. The van der Waals surface area contributed by atoms with E-state index in [9.17, 15) is 14.0 Å². The van der Waals surface area contributed by atoms with Crippen molar-refractivity contribution in [1.29, 1.82) is 0 Å². The van der Waals surface area contributed by atoms with Crippen LogP contribution >= 0.6 is 0 Å². The smallest absolute Gasteiger partial charge is 0.411 e. The molecule has 182 valence electrons. The molecule has 0 unspecified atom stereocenters. The number of hydrogen-bond donors (Lipinski definition) is 2. The minimum Gasteiger partial charge on any atom is -0.449 e. The lowest BCUT2D eigenvalue weighted by atomic mass is 10.1. The predicted molar refractivity (Wildman–Crippen MR) is 132 cm³/mol. The normalized spacial score (nSPS) is 10.2. The second-order valence-electron chi connectivity index (χ2n) is 7.65. The Bertz CT molecular complexity index is 973. The number of ether oxygens (including phenoxy) is 2. The number of terminal acetylenes is 1. The second kappa shape index (κ2) is 14.4. The van der Waals surface area contributed by atoms with Crippen molar-refractivity contribution in [2.24, 2.45) is 0 Å². The van der Waals surface area contributed by atoms with Gasteiger partial charge in [0.1, 0.15) is 5.82 Å². The van der Waals surface area contributed by atoms with Gasteiger partial charge in [0, 0.05) is 12.2 Å². The number of amides is 2.